The van der Waals surface area contributed by atoms with E-state index in [2.05, 4.69) is 18.2 Å². The Kier molecular flexibility index (Phi) is 4.43. The molecule has 1 aliphatic carbocycles. The Hall–Kier alpha value is -1.02. The topological polar surface area (TPSA) is 35.2 Å². The first-order chi connectivity index (χ1) is 8.35. The molecule has 94 valence electrons. The van der Waals surface area contributed by atoms with E-state index in [1.54, 1.807) is 7.11 Å². The van der Waals surface area contributed by atoms with Crippen molar-refractivity contribution in [3.05, 3.63) is 29.8 Å². The minimum atomic E-state index is 0.505. The Labute approximate surface area is 104 Å². The summed E-state index contributed by atoms with van der Waals surface area (Å²) >= 11 is 0. The Bertz CT molecular complexity index is 345. The van der Waals surface area contributed by atoms with Crippen LogP contribution in [0.2, 0.25) is 0 Å². The maximum Gasteiger partial charge on any atom is 0.119 e. The van der Waals surface area contributed by atoms with Gasteiger partial charge in [0, 0.05) is 0 Å². The number of hydrogen-bond donors (Lipinski definition) is 1. The summed E-state index contributed by atoms with van der Waals surface area (Å²) in [5.74, 6) is 2.21. The fourth-order valence-electron chi connectivity index (χ4n) is 3.01. The zero-order valence-electron chi connectivity index (χ0n) is 10.7. The molecule has 2 nitrogen and oxygen atoms in total. The summed E-state index contributed by atoms with van der Waals surface area (Å²) in [4.78, 5) is 0. The van der Waals surface area contributed by atoms with Gasteiger partial charge in [0.2, 0.25) is 0 Å². The van der Waals surface area contributed by atoms with Crippen LogP contribution in [0.3, 0.4) is 0 Å². The van der Waals surface area contributed by atoms with Gasteiger partial charge in [0.05, 0.1) is 7.11 Å². The molecular weight excluding hydrogens is 210 g/mol. The molecule has 1 aromatic rings. The molecule has 1 fully saturated rings. The quantitative estimate of drug-likeness (QED) is 0.866. The van der Waals surface area contributed by atoms with Crippen LogP contribution in [0.4, 0.5) is 0 Å². The van der Waals surface area contributed by atoms with Crippen LogP contribution >= 0.6 is 0 Å². The van der Waals surface area contributed by atoms with E-state index in [-0.39, 0.29) is 0 Å². The molecule has 1 unspecified atom stereocenters. The fourth-order valence-corrected chi connectivity index (χ4v) is 3.01. The van der Waals surface area contributed by atoms with Crippen LogP contribution in [0, 0.1) is 5.92 Å². The number of hydrogen-bond acceptors (Lipinski definition) is 2. The van der Waals surface area contributed by atoms with E-state index in [0.29, 0.717) is 5.92 Å². The van der Waals surface area contributed by atoms with E-state index in [1.807, 2.05) is 6.07 Å². The van der Waals surface area contributed by atoms with Gasteiger partial charge in [-0.15, -0.1) is 0 Å². The third kappa shape index (κ3) is 3.01. The molecule has 0 amide bonds. The highest BCUT2D eigenvalue weighted by molar-refractivity contribution is 5.31. The van der Waals surface area contributed by atoms with E-state index < -0.39 is 0 Å². The van der Waals surface area contributed by atoms with Gasteiger partial charge in [-0.25, -0.2) is 0 Å². The first-order valence-electron chi connectivity index (χ1n) is 6.69. The van der Waals surface area contributed by atoms with Crippen molar-refractivity contribution >= 4 is 0 Å². The summed E-state index contributed by atoms with van der Waals surface area (Å²) in [5.41, 5.74) is 7.33. The molecule has 0 spiro atoms. The predicted octanol–water partition coefficient (Wildman–Crippen LogP) is 3.32. The van der Waals surface area contributed by atoms with Crippen LogP contribution in [0.25, 0.3) is 0 Å². The largest absolute Gasteiger partial charge is 0.497 e. The molecule has 1 saturated carbocycles. The maximum absolute atomic E-state index is 5.99. The Morgan fingerprint density at radius 1 is 1.29 bits per heavy atom. The van der Waals surface area contributed by atoms with E-state index >= 15 is 0 Å². The Morgan fingerprint density at radius 3 is 2.71 bits per heavy atom. The van der Waals surface area contributed by atoms with E-state index in [1.165, 1.54) is 37.7 Å². The van der Waals surface area contributed by atoms with Gasteiger partial charge in [0.15, 0.2) is 0 Å². The molecule has 1 aliphatic rings. The zero-order chi connectivity index (χ0) is 12.1. The van der Waals surface area contributed by atoms with Gasteiger partial charge >= 0.3 is 0 Å². The summed E-state index contributed by atoms with van der Waals surface area (Å²) in [7, 11) is 1.72. The Balaban J connectivity index is 2.15. The lowest BCUT2D eigenvalue weighted by atomic mass is 9.77. The van der Waals surface area contributed by atoms with Gasteiger partial charge in [0.25, 0.3) is 0 Å². The fraction of sp³-hybridized carbons (Fsp3) is 0.600. The summed E-state index contributed by atoms with van der Waals surface area (Å²) in [6.45, 7) is 0.748. The van der Waals surface area contributed by atoms with Crippen molar-refractivity contribution in [3.8, 4) is 5.75 Å². The smallest absolute Gasteiger partial charge is 0.119 e. The predicted molar refractivity (Wildman–Crippen MR) is 71.4 cm³/mol. The number of rotatable bonds is 4. The average Bonchev–Trinajstić information content (AvgIpc) is 2.41. The van der Waals surface area contributed by atoms with Crippen LogP contribution in [0.15, 0.2) is 24.3 Å². The second kappa shape index (κ2) is 6.06. The lowest BCUT2D eigenvalue weighted by molar-refractivity contribution is 0.307. The van der Waals surface area contributed by atoms with Gasteiger partial charge in [-0.1, -0.05) is 31.4 Å². The molecule has 2 rings (SSSR count). The highest BCUT2D eigenvalue weighted by atomic mass is 16.5. The number of ether oxygens (including phenoxy) is 1. The van der Waals surface area contributed by atoms with Gasteiger partial charge in [0.1, 0.15) is 5.75 Å². The lowest BCUT2D eigenvalue weighted by Crippen LogP contribution is -2.23. The molecular formula is C15H23NO. The molecule has 1 atom stereocenters. The van der Waals surface area contributed by atoms with Crippen LogP contribution < -0.4 is 10.5 Å². The normalized spacial score (nSPS) is 18.9. The van der Waals surface area contributed by atoms with Crippen molar-refractivity contribution in [2.24, 2.45) is 11.7 Å². The van der Waals surface area contributed by atoms with Crippen molar-refractivity contribution in [2.75, 3.05) is 13.7 Å². The summed E-state index contributed by atoms with van der Waals surface area (Å²) < 4.78 is 5.30. The highest BCUT2D eigenvalue weighted by Gasteiger charge is 2.24. The molecule has 17 heavy (non-hydrogen) atoms. The van der Waals surface area contributed by atoms with E-state index in [9.17, 15) is 0 Å². The molecule has 1 aromatic carbocycles. The molecule has 0 aromatic heterocycles. The molecule has 2 heteroatoms. The second-order valence-electron chi connectivity index (χ2n) is 5.02. The average molecular weight is 233 g/mol. The van der Waals surface area contributed by atoms with Crippen LogP contribution in [-0.2, 0) is 0 Å². The minimum Gasteiger partial charge on any atom is -0.497 e. The summed E-state index contributed by atoms with van der Waals surface area (Å²) in [6.07, 6.45) is 6.79. The first-order valence-corrected chi connectivity index (χ1v) is 6.69. The SMILES string of the molecule is COc1cccc(C(CN)C2CCCCC2)c1. The molecule has 2 N–H and O–H groups in total. The van der Waals surface area contributed by atoms with Gasteiger partial charge < -0.3 is 10.5 Å². The zero-order valence-corrected chi connectivity index (χ0v) is 10.7. The van der Waals surface area contributed by atoms with Gasteiger partial charge in [-0.2, -0.15) is 0 Å². The third-order valence-electron chi connectivity index (χ3n) is 3.99. The maximum atomic E-state index is 5.99. The number of benzene rings is 1. The van der Waals surface area contributed by atoms with Crippen molar-refractivity contribution in [1.29, 1.82) is 0 Å². The van der Waals surface area contributed by atoms with Crippen LogP contribution in [0.1, 0.15) is 43.6 Å². The van der Waals surface area contributed by atoms with Crippen molar-refractivity contribution in [3.63, 3.8) is 0 Å². The third-order valence-corrected chi connectivity index (χ3v) is 3.99. The summed E-state index contributed by atoms with van der Waals surface area (Å²) in [6, 6.07) is 8.40. The van der Waals surface area contributed by atoms with E-state index in [4.69, 9.17) is 10.5 Å². The standard InChI is InChI=1S/C15H23NO/c1-17-14-9-5-8-13(10-14)15(11-16)12-6-3-2-4-7-12/h5,8-10,12,15H,2-4,6-7,11,16H2,1H3. The van der Waals surface area contributed by atoms with Crippen LogP contribution in [-0.4, -0.2) is 13.7 Å². The van der Waals surface area contributed by atoms with Gasteiger partial charge in [-0.05, 0) is 48.9 Å². The van der Waals surface area contributed by atoms with Crippen molar-refractivity contribution < 1.29 is 4.74 Å². The van der Waals surface area contributed by atoms with Crippen molar-refractivity contribution in [1.82, 2.24) is 0 Å². The molecule has 0 aliphatic heterocycles. The Morgan fingerprint density at radius 2 is 2.06 bits per heavy atom. The molecule has 0 bridgehead atoms. The monoisotopic (exact) mass is 233 g/mol. The molecule has 0 heterocycles. The lowest BCUT2D eigenvalue weighted by Gasteiger charge is -2.30. The van der Waals surface area contributed by atoms with Crippen molar-refractivity contribution in [2.45, 2.75) is 38.0 Å². The number of nitrogens with two attached hydrogens (primary N) is 1. The molecule has 0 saturated heterocycles. The second-order valence-corrected chi connectivity index (χ2v) is 5.02. The number of methoxy groups -OCH3 is 1. The minimum absolute atomic E-state index is 0.505. The van der Waals surface area contributed by atoms with Gasteiger partial charge in [-0.3, -0.25) is 0 Å². The van der Waals surface area contributed by atoms with Crippen LogP contribution in [0.5, 0.6) is 5.75 Å². The van der Waals surface area contributed by atoms with E-state index in [0.717, 1.165) is 18.2 Å². The summed E-state index contributed by atoms with van der Waals surface area (Å²) in [5, 5.41) is 0. The first kappa shape index (κ1) is 12.4. The molecule has 0 radical (unpaired) electrons. The highest BCUT2D eigenvalue weighted by Crippen LogP contribution is 2.36.